The van der Waals surface area contributed by atoms with Gasteiger partial charge in [-0.1, -0.05) is 29.8 Å². The molecule has 0 bridgehead atoms. The van der Waals surface area contributed by atoms with E-state index < -0.39 is 24.7 Å². The van der Waals surface area contributed by atoms with E-state index in [-0.39, 0.29) is 24.8 Å². The van der Waals surface area contributed by atoms with E-state index in [0.717, 1.165) is 0 Å². The molecule has 1 aromatic heterocycles. The molecule has 0 saturated heterocycles. The number of aromatic nitrogens is 1. The minimum atomic E-state index is -4.50. The highest BCUT2D eigenvalue weighted by atomic mass is 35.5. The zero-order chi connectivity index (χ0) is 21.4. The number of hydrogen-bond acceptors (Lipinski definition) is 4. The molecule has 1 aromatic carbocycles. The molecule has 1 atom stereocenters. The Kier molecular flexibility index (Phi) is 7.83. The number of alkyl halides is 3. The molecule has 10 heteroatoms. The number of nitrogens with zero attached hydrogens (tertiary/aromatic N) is 1. The first-order valence-corrected chi connectivity index (χ1v) is 8.94. The van der Waals surface area contributed by atoms with E-state index in [1.807, 2.05) is 0 Å². The lowest BCUT2D eigenvalue weighted by Gasteiger charge is -2.18. The van der Waals surface area contributed by atoms with Crippen molar-refractivity contribution in [1.29, 1.82) is 0 Å². The van der Waals surface area contributed by atoms with Gasteiger partial charge in [-0.05, 0) is 23.8 Å². The van der Waals surface area contributed by atoms with Crippen molar-refractivity contribution in [3.63, 3.8) is 0 Å². The van der Waals surface area contributed by atoms with E-state index in [1.165, 1.54) is 25.3 Å². The van der Waals surface area contributed by atoms with Crippen molar-refractivity contribution in [1.82, 2.24) is 15.6 Å². The van der Waals surface area contributed by atoms with Gasteiger partial charge >= 0.3 is 6.18 Å². The third-order valence-electron chi connectivity index (χ3n) is 3.74. The highest BCUT2D eigenvalue weighted by Crippen LogP contribution is 2.21. The van der Waals surface area contributed by atoms with Gasteiger partial charge < -0.3 is 15.4 Å². The lowest BCUT2D eigenvalue weighted by molar-refractivity contribution is -0.154. The summed E-state index contributed by atoms with van der Waals surface area (Å²) in [7, 11) is 0. The van der Waals surface area contributed by atoms with E-state index in [1.54, 1.807) is 24.3 Å². The van der Waals surface area contributed by atoms with Crippen LogP contribution in [0.1, 0.15) is 30.5 Å². The lowest BCUT2D eigenvalue weighted by Crippen LogP contribution is -2.32. The second-order valence-electron chi connectivity index (χ2n) is 6.16. The van der Waals surface area contributed by atoms with Gasteiger partial charge in [0.25, 0.3) is 0 Å². The van der Waals surface area contributed by atoms with E-state index in [4.69, 9.17) is 16.3 Å². The maximum absolute atomic E-state index is 12.4. The molecule has 0 fully saturated rings. The van der Waals surface area contributed by atoms with Crippen molar-refractivity contribution >= 4 is 23.4 Å². The van der Waals surface area contributed by atoms with Crippen LogP contribution in [0.2, 0.25) is 5.02 Å². The smallest absolute Gasteiger partial charge is 0.422 e. The number of hydrogen-bond donors (Lipinski definition) is 2. The van der Waals surface area contributed by atoms with Crippen molar-refractivity contribution < 1.29 is 27.5 Å². The average Bonchev–Trinajstić information content (AvgIpc) is 2.64. The van der Waals surface area contributed by atoms with Crippen LogP contribution in [0.3, 0.4) is 0 Å². The molecule has 0 aliphatic rings. The van der Waals surface area contributed by atoms with Gasteiger partial charge in [0.1, 0.15) is 0 Å². The number of halogens is 4. The van der Waals surface area contributed by atoms with Crippen molar-refractivity contribution in [3.8, 4) is 5.88 Å². The number of carbonyl (C=O) groups is 2. The topological polar surface area (TPSA) is 80.3 Å². The van der Waals surface area contributed by atoms with Crippen molar-refractivity contribution in [2.45, 2.75) is 32.1 Å². The van der Waals surface area contributed by atoms with Gasteiger partial charge in [-0.2, -0.15) is 13.2 Å². The second kappa shape index (κ2) is 10.1. The summed E-state index contributed by atoms with van der Waals surface area (Å²) in [6.45, 7) is -0.222. The normalized spacial score (nSPS) is 12.2. The van der Waals surface area contributed by atoms with Gasteiger partial charge in [-0.3, -0.25) is 9.59 Å². The summed E-state index contributed by atoms with van der Waals surface area (Å²) in [4.78, 5) is 27.6. The molecule has 0 aliphatic carbocycles. The molecule has 1 unspecified atom stereocenters. The summed E-state index contributed by atoms with van der Waals surface area (Å²) in [5, 5.41) is 5.81. The van der Waals surface area contributed by atoms with Crippen LogP contribution in [0.5, 0.6) is 5.88 Å². The molecule has 2 N–H and O–H groups in total. The van der Waals surface area contributed by atoms with Crippen molar-refractivity contribution in [3.05, 3.63) is 58.7 Å². The Morgan fingerprint density at radius 2 is 1.90 bits per heavy atom. The summed E-state index contributed by atoms with van der Waals surface area (Å²) in [5.41, 5.74) is 0.989. The fourth-order valence-corrected chi connectivity index (χ4v) is 2.61. The highest BCUT2D eigenvalue weighted by molar-refractivity contribution is 6.30. The van der Waals surface area contributed by atoms with Crippen molar-refractivity contribution in [2.75, 3.05) is 6.61 Å². The largest absolute Gasteiger partial charge is 0.468 e. The first-order valence-electron chi connectivity index (χ1n) is 8.57. The number of benzene rings is 1. The van der Waals surface area contributed by atoms with E-state index in [9.17, 15) is 22.8 Å². The van der Waals surface area contributed by atoms with Crippen LogP contribution in [0.4, 0.5) is 13.2 Å². The first-order chi connectivity index (χ1) is 13.6. The number of rotatable bonds is 8. The Balaban J connectivity index is 2.00. The zero-order valence-corrected chi connectivity index (χ0v) is 16.2. The average molecular weight is 430 g/mol. The number of pyridine rings is 1. The van der Waals surface area contributed by atoms with Gasteiger partial charge in [0.2, 0.25) is 17.7 Å². The summed E-state index contributed by atoms with van der Waals surface area (Å²) in [5.74, 6) is -0.932. The molecule has 0 saturated carbocycles. The molecule has 2 aromatic rings. The quantitative estimate of drug-likeness (QED) is 0.672. The van der Waals surface area contributed by atoms with Crippen LogP contribution in [0.15, 0.2) is 42.6 Å². The molecule has 1 heterocycles. The van der Waals surface area contributed by atoms with Gasteiger partial charge in [-0.15, -0.1) is 0 Å². The van der Waals surface area contributed by atoms with E-state index in [2.05, 4.69) is 15.6 Å². The summed E-state index contributed by atoms with van der Waals surface area (Å²) in [6, 6.07) is 9.12. The minimum Gasteiger partial charge on any atom is -0.468 e. The molecule has 6 nitrogen and oxygen atoms in total. The molecular weight excluding hydrogens is 411 g/mol. The van der Waals surface area contributed by atoms with Crippen LogP contribution >= 0.6 is 11.6 Å². The lowest BCUT2D eigenvalue weighted by atomic mass is 10.0. The maximum Gasteiger partial charge on any atom is 0.422 e. The Morgan fingerprint density at radius 3 is 2.52 bits per heavy atom. The summed E-state index contributed by atoms with van der Waals surface area (Å²) < 4.78 is 41.8. The van der Waals surface area contributed by atoms with Crippen LogP contribution in [0, 0.1) is 0 Å². The molecular formula is C19H19ClF3N3O3. The van der Waals surface area contributed by atoms with Gasteiger partial charge in [0.15, 0.2) is 6.61 Å². The molecule has 156 valence electrons. The molecule has 0 spiro atoms. The number of nitrogens with one attached hydrogen (secondary N) is 2. The molecule has 0 radical (unpaired) electrons. The second-order valence-corrected chi connectivity index (χ2v) is 6.59. The molecule has 2 rings (SSSR count). The van der Waals surface area contributed by atoms with E-state index in [0.29, 0.717) is 16.1 Å². The standard InChI is InChI=1S/C19H19ClF3N3O3/c1-12(27)26-16(13-4-6-15(20)7-5-13)9-17(28)25-10-14-3-2-8-24-18(14)29-11-19(21,22)23/h2-8,16H,9-11H2,1H3,(H,25,28)(H,26,27). The fourth-order valence-electron chi connectivity index (χ4n) is 2.48. The maximum atomic E-state index is 12.4. The van der Waals surface area contributed by atoms with Gasteiger partial charge in [-0.25, -0.2) is 4.98 Å². The number of amides is 2. The van der Waals surface area contributed by atoms with Crippen molar-refractivity contribution in [2.24, 2.45) is 0 Å². The number of ether oxygens (including phenoxy) is 1. The van der Waals surface area contributed by atoms with Crippen LogP contribution < -0.4 is 15.4 Å². The summed E-state index contributed by atoms with van der Waals surface area (Å²) in [6.07, 6.45) is -3.27. The van der Waals surface area contributed by atoms with E-state index >= 15 is 0 Å². The third kappa shape index (κ3) is 7.98. The SMILES string of the molecule is CC(=O)NC(CC(=O)NCc1cccnc1OCC(F)(F)F)c1ccc(Cl)cc1. The van der Waals surface area contributed by atoms with Crippen LogP contribution in [-0.2, 0) is 16.1 Å². The van der Waals surface area contributed by atoms with Gasteiger partial charge in [0.05, 0.1) is 12.5 Å². The zero-order valence-electron chi connectivity index (χ0n) is 15.4. The highest BCUT2D eigenvalue weighted by Gasteiger charge is 2.29. The predicted octanol–water partition coefficient (Wildman–Crippen LogP) is 3.56. The monoisotopic (exact) mass is 429 g/mol. The summed E-state index contributed by atoms with van der Waals surface area (Å²) >= 11 is 5.86. The number of carbonyl (C=O) groups excluding carboxylic acids is 2. The Morgan fingerprint density at radius 1 is 1.21 bits per heavy atom. The Hall–Kier alpha value is -2.81. The Labute approximate surface area is 170 Å². The minimum absolute atomic E-state index is 0.0692. The fraction of sp³-hybridized carbons (Fsp3) is 0.316. The first kappa shape index (κ1) is 22.5. The molecule has 2 amide bonds. The Bertz CT molecular complexity index is 845. The van der Waals surface area contributed by atoms with Crippen LogP contribution in [0.25, 0.3) is 0 Å². The van der Waals surface area contributed by atoms with Crippen LogP contribution in [-0.4, -0.2) is 29.6 Å². The molecule has 0 aliphatic heterocycles. The predicted molar refractivity (Wildman–Crippen MR) is 100 cm³/mol. The third-order valence-corrected chi connectivity index (χ3v) is 3.99. The molecule has 29 heavy (non-hydrogen) atoms. The van der Waals surface area contributed by atoms with Gasteiger partial charge in [0, 0.05) is 30.3 Å².